The molecule has 20 heavy (non-hydrogen) atoms. The summed E-state index contributed by atoms with van der Waals surface area (Å²) in [7, 11) is 0. The molecule has 1 N–H and O–H groups in total. The second kappa shape index (κ2) is 6.82. The Morgan fingerprint density at radius 1 is 1.15 bits per heavy atom. The van der Waals surface area contributed by atoms with Crippen molar-refractivity contribution in [1.29, 1.82) is 0 Å². The molecule has 0 saturated heterocycles. The smallest absolute Gasteiger partial charge is 0.126 e. The third-order valence-corrected chi connectivity index (χ3v) is 3.56. The van der Waals surface area contributed by atoms with Gasteiger partial charge < -0.3 is 5.32 Å². The zero-order chi connectivity index (χ0) is 14.5. The Hall–Kier alpha value is -1.45. The Morgan fingerprint density at radius 2 is 1.90 bits per heavy atom. The number of hydrogen-bond donors (Lipinski definition) is 1. The molecule has 1 nitrogen and oxygen atoms in total. The molecule has 0 amide bonds. The highest BCUT2D eigenvalue weighted by molar-refractivity contribution is 6.31. The van der Waals surface area contributed by atoms with Gasteiger partial charge in [-0.2, -0.15) is 0 Å². The van der Waals surface area contributed by atoms with E-state index in [2.05, 4.69) is 5.32 Å². The van der Waals surface area contributed by atoms with E-state index in [-0.39, 0.29) is 17.7 Å². The molecule has 2 aromatic carbocycles. The summed E-state index contributed by atoms with van der Waals surface area (Å²) in [5.74, 6) is -0.543. The Labute approximate surface area is 122 Å². The monoisotopic (exact) mass is 295 g/mol. The maximum Gasteiger partial charge on any atom is 0.126 e. The summed E-state index contributed by atoms with van der Waals surface area (Å²) in [5, 5.41) is 3.66. The second-order valence-electron chi connectivity index (χ2n) is 4.68. The van der Waals surface area contributed by atoms with E-state index in [1.54, 1.807) is 18.2 Å². The first-order valence-corrected chi connectivity index (χ1v) is 6.87. The Kier molecular flexibility index (Phi) is 5.10. The van der Waals surface area contributed by atoms with Crippen molar-refractivity contribution in [3.8, 4) is 0 Å². The van der Waals surface area contributed by atoms with Crippen molar-refractivity contribution in [1.82, 2.24) is 5.32 Å². The minimum Gasteiger partial charge on any atom is -0.310 e. The van der Waals surface area contributed by atoms with Crippen molar-refractivity contribution < 1.29 is 8.78 Å². The molecule has 0 radical (unpaired) electrons. The molecule has 0 aliphatic carbocycles. The summed E-state index contributed by atoms with van der Waals surface area (Å²) in [5.41, 5.74) is 1.51. The lowest BCUT2D eigenvalue weighted by atomic mass is 10.1. The highest BCUT2D eigenvalue weighted by Crippen LogP contribution is 2.23. The third-order valence-electron chi connectivity index (χ3n) is 3.23. The van der Waals surface area contributed by atoms with Crippen molar-refractivity contribution in [3.05, 3.63) is 70.2 Å². The van der Waals surface area contributed by atoms with Crippen LogP contribution in [0, 0.1) is 11.6 Å². The fraction of sp³-hybridized carbons (Fsp3) is 0.250. The van der Waals surface area contributed by atoms with E-state index in [9.17, 15) is 8.78 Å². The molecule has 0 bridgehead atoms. The lowest BCUT2D eigenvalue weighted by Gasteiger charge is -2.16. The number of rotatable bonds is 5. The average molecular weight is 296 g/mol. The van der Waals surface area contributed by atoms with Gasteiger partial charge >= 0.3 is 0 Å². The van der Waals surface area contributed by atoms with Gasteiger partial charge in [0.2, 0.25) is 0 Å². The fourth-order valence-electron chi connectivity index (χ4n) is 2.09. The summed E-state index contributed by atoms with van der Waals surface area (Å²) in [6.45, 7) is 2.57. The van der Waals surface area contributed by atoms with Crippen LogP contribution in [0.2, 0.25) is 5.02 Å². The number of benzene rings is 2. The van der Waals surface area contributed by atoms with E-state index >= 15 is 0 Å². The first kappa shape index (κ1) is 14.9. The predicted octanol–water partition coefficient (Wildman–Crippen LogP) is 4.51. The van der Waals surface area contributed by atoms with E-state index in [1.807, 2.05) is 13.0 Å². The van der Waals surface area contributed by atoms with Crippen LogP contribution in [0.1, 0.15) is 24.1 Å². The van der Waals surface area contributed by atoms with Crippen molar-refractivity contribution in [3.63, 3.8) is 0 Å². The quantitative estimate of drug-likeness (QED) is 0.855. The second-order valence-corrected chi connectivity index (χ2v) is 5.09. The van der Waals surface area contributed by atoms with Gasteiger partial charge in [0.25, 0.3) is 0 Å². The van der Waals surface area contributed by atoms with Crippen molar-refractivity contribution in [2.24, 2.45) is 0 Å². The highest BCUT2D eigenvalue weighted by Gasteiger charge is 2.10. The molecule has 2 rings (SSSR count). The number of halogens is 3. The van der Waals surface area contributed by atoms with Crippen LogP contribution in [-0.2, 0) is 6.42 Å². The lowest BCUT2D eigenvalue weighted by molar-refractivity contribution is 0.557. The van der Waals surface area contributed by atoms with Gasteiger partial charge in [0, 0.05) is 11.1 Å². The summed E-state index contributed by atoms with van der Waals surface area (Å²) in [4.78, 5) is 0. The molecule has 1 unspecified atom stereocenters. The van der Waals surface area contributed by atoms with Gasteiger partial charge in [0.15, 0.2) is 0 Å². The summed E-state index contributed by atoms with van der Waals surface area (Å²) < 4.78 is 26.4. The van der Waals surface area contributed by atoms with Gasteiger partial charge in [-0.25, -0.2) is 8.78 Å². The molecule has 0 aliphatic rings. The predicted molar refractivity (Wildman–Crippen MR) is 77.9 cm³/mol. The largest absolute Gasteiger partial charge is 0.310 e. The van der Waals surface area contributed by atoms with Crippen LogP contribution in [0.3, 0.4) is 0 Å². The average Bonchev–Trinajstić information content (AvgIpc) is 2.40. The van der Waals surface area contributed by atoms with E-state index < -0.39 is 0 Å². The molecule has 106 valence electrons. The maximum atomic E-state index is 13.5. The van der Waals surface area contributed by atoms with Gasteiger partial charge in [-0.05, 0) is 49.2 Å². The van der Waals surface area contributed by atoms with Crippen LogP contribution in [-0.4, -0.2) is 6.54 Å². The molecule has 0 heterocycles. The Morgan fingerprint density at radius 3 is 2.60 bits per heavy atom. The maximum absolute atomic E-state index is 13.5. The van der Waals surface area contributed by atoms with Gasteiger partial charge in [-0.1, -0.05) is 35.9 Å². The topological polar surface area (TPSA) is 12.0 Å². The van der Waals surface area contributed by atoms with Crippen molar-refractivity contribution in [2.75, 3.05) is 6.54 Å². The third kappa shape index (κ3) is 3.78. The van der Waals surface area contributed by atoms with E-state index in [0.29, 0.717) is 23.6 Å². The molecule has 1 atom stereocenters. The van der Waals surface area contributed by atoms with Crippen LogP contribution in [0.25, 0.3) is 0 Å². The van der Waals surface area contributed by atoms with Gasteiger partial charge in [0.1, 0.15) is 11.6 Å². The molecule has 0 saturated carbocycles. The minimum atomic E-state index is -0.350. The number of nitrogens with one attached hydrogen (secondary N) is 1. The molecule has 0 aromatic heterocycles. The first-order valence-electron chi connectivity index (χ1n) is 6.49. The standard InChI is InChI=1S/C16H16ClF2N/c1-11(14-7-6-13(18)10-15(14)17)20-9-8-12-4-2-3-5-16(12)19/h2-7,10-11,20H,8-9H2,1H3. The Balaban J connectivity index is 1.92. The van der Waals surface area contributed by atoms with Gasteiger partial charge in [-0.3, -0.25) is 0 Å². The zero-order valence-corrected chi connectivity index (χ0v) is 11.9. The van der Waals surface area contributed by atoms with Crippen LogP contribution in [0.15, 0.2) is 42.5 Å². The van der Waals surface area contributed by atoms with Crippen LogP contribution >= 0.6 is 11.6 Å². The summed E-state index contributed by atoms with van der Waals surface area (Å²) >= 11 is 6.01. The van der Waals surface area contributed by atoms with Crippen molar-refractivity contribution >= 4 is 11.6 Å². The van der Waals surface area contributed by atoms with Crippen molar-refractivity contribution in [2.45, 2.75) is 19.4 Å². The van der Waals surface area contributed by atoms with Gasteiger partial charge in [-0.15, -0.1) is 0 Å². The molecule has 0 fully saturated rings. The van der Waals surface area contributed by atoms with Crippen LogP contribution < -0.4 is 5.32 Å². The van der Waals surface area contributed by atoms with Crippen LogP contribution in [0.5, 0.6) is 0 Å². The normalized spacial score (nSPS) is 12.4. The van der Waals surface area contributed by atoms with E-state index in [0.717, 1.165) is 5.56 Å². The molecule has 2 aromatic rings. The molecule has 0 spiro atoms. The molecule has 4 heteroatoms. The molecule has 0 aliphatic heterocycles. The molecular formula is C16H16ClF2N. The van der Waals surface area contributed by atoms with E-state index in [4.69, 9.17) is 11.6 Å². The SMILES string of the molecule is CC(NCCc1ccccc1F)c1ccc(F)cc1Cl. The fourth-order valence-corrected chi connectivity index (χ4v) is 2.42. The van der Waals surface area contributed by atoms with Crippen LogP contribution in [0.4, 0.5) is 8.78 Å². The first-order chi connectivity index (χ1) is 9.58. The summed E-state index contributed by atoms with van der Waals surface area (Å²) in [6, 6.07) is 11.0. The van der Waals surface area contributed by atoms with Gasteiger partial charge in [0.05, 0.1) is 0 Å². The molecular weight excluding hydrogens is 280 g/mol. The lowest BCUT2D eigenvalue weighted by Crippen LogP contribution is -2.22. The number of hydrogen-bond acceptors (Lipinski definition) is 1. The zero-order valence-electron chi connectivity index (χ0n) is 11.2. The highest BCUT2D eigenvalue weighted by atomic mass is 35.5. The minimum absolute atomic E-state index is 0.0186. The summed E-state index contributed by atoms with van der Waals surface area (Å²) in [6.07, 6.45) is 0.593. The van der Waals surface area contributed by atoms with E-state index in [1.165, 1.54) is 18.2 Å². The Bertz CT molecular complexity index is 586.